The van der Waals surface area contributed by atoms with E-state index in [0.717, 1.165) is 37.6 Å². The van der Waals surface area contributed by atoms with Crippen LogP contribution >= 0.6 is 0 Å². The van der Waals surface area contributed by atoms with Crippen molar-refractivity contribution in [2.45, 2.75) is 38.9 Å². The monoisotopic (exact) mass is 284 g/mol. The molecule has 0 atom stereocenters. The van der Waals surface area contributed by atoms with Gasteiger partial charge in [0.2, 0.25) is 0 Å². The van der Waals surface area contributed by atoms with Gasteiger partial charge in [-0.05, 0) is 50.9 Å². The first-order valence-electron chi connectivity index (χ1n) is 6.85. The summed E-state index contributed by atoms with van der Waals surface area (Å²) in [6, 6.07) is 4.55. The minimum Gasteiger partial charge on any atom is -0.297 e. The fourth-order valence-electron chi connectivity index (χ4n) is 2.37. The third kappa shape index (κ3) is 3.60. The van der Waals surface area contributed by atoms with E-state index < -0.39 is 11.9 Å². The Morgan fingerprint density at radius 2 is 2.00 bits per heavy atom. The van der Waals surface area contributed by atoms with E-state index in [1.807, 2.05) is 6.08 Å². The van der Waals surface area contributed by atoms with Gasteiger partial charge in [-0.3, -0.25) is 4.90 Å². The van der Waals surface area contributed by atoms with Gasteiger partial charge < -0.3 is 0 Å². The smallest absolute Gasteiger partial charge is 0.297 e. The SMILES string of the molecule is CC(C)N1CC=C(c2cccc(C(F)(F)F)n2)CCC1. The van der Waals surface area contributed by atoms with Crippen LogP contribution in [0.25, 0.3) is 5.57 Å². The number of alkyl halides is 3. The first kappa shape index (κ1) is 15.0. The van der Waals surface area contributed by atoms with E-state index in [0.29, 0.717) is 11.7 Å². The Kier molecular flexibility index (Phi) is 4.48. The van der Waals surface area contributed by atoms with E-state index in [-0.39, 0.29) is 0 Å². The van der Waals surface area contributed by atoms with Crippen molar-refractivity contribution >= 4 is 5.57 Å². The molecule has 0 aromatic carbocycles. The van der Waals surface area contributed by atoms with Gasteiger partial charge in [0.25, 0.3) is 0 Å². The lowest BCUT2D eigenvalue weighted by Gasteiger charge is -2.23. The average molecular weight is 284 g/mol. The summed E-state index contributed by atoms with van der Waals surface area (Å²) in [5.74, 6) is 0. The zero-order chi connectivity index (χ0) is 14.8. The van der Waals surface area contributed by atoms with Gasteiger partial charge in [-0.25, -0.2) is 4.98 Å². The van der Waals surface area contributed by atoms with Crippen LogP contribution in [0.4, 0.5) is 13.2 Å². The van der Waals surface area contributed by atoms with Crippen molar-refractivity contribution in [1.29, 1.82) is 0 Å². The van der Waals surface area contributed by atoms with E-state index in [1.54, 1.807) is 6.07 Å². The molecule has 2 rings (SSSR count). The highest BCUT2D eigenvalue weighted by atomic mass is 19.4. The van der Waals surface area contributed by atoms with Crippen molar-refractivity contribution in [3.8, 4) is 0 Å². The van der Waals surface area contributed by atoms with Crippen LogP contribution in [0.3, 0.4) is 0 Å². The molecule has 0 bridgehead atoms. The number of rotatable bonds is 2. The lowest BCUT2D eigenvalue weighted by atomic mass is 10.1. The maximum Gasteiger partial charge on any atom is 0.433 e. The Hall–Kier alpha value is -1.36. The highest BCUT2D eigenvalue weighted by molar-refractivity contribution is 5.63. The van der Waals surface area contributed by atoms with Crippen molar-refractivity contribution in [1.82, 2.24) is 9.88 Å². The molecule has 0 radical (unpaired) electrons. The molecule has 1 aliphatic heterocycles. The topological polar surface area (TPSA) is 16.1 Å². The minimum atomic E-state index is -4.38. The lowest BCUT2D eigenvalue weighted by molar-refractivity contribution is -0.141. The fraction of sp³-hybridized carbons (Fsp3) is 0.533. The molecule has 0 saturated heterocycles. The molecule has 1 aromatic heterocycles. The largest absolute Gasteiger partial charge is 0.433 e. The molecular formula is C15H19F3N2. The van der Waals surface area contributed by atoms with E-state index in [4.69, 9.17) is 0 Å². The van der Waals surface area contributed by atoms with Gasteiger partial charge in [0.05, 0.1) is 5.69 Å². The Bertz CT molecular complexity index is 492. The second-order valence-corrected chi connectivity index (χ2v) is 5.33. The molecule has 0 saturated carbocycles. The molecule has 0 spiro atoms. The lowest BCUT2D eigenvalue weighted by Crippen LogP contribution is -2.31. The highest BCUT2D eigenvalue weighted by Crippen LogP contribution is 2.29. The van der Waals surface area contributed by atoms with Crippen LogP contribution < -0.4 is 0 Å². The van der Waals surface area contributed by atoms with Crippen molar-refractivity contribution in [2.24, 2.45) is 0 Å². The number of allylic oxidation sites excluding steroid dienone is 1. The first-order valence-corrected chi connectivity index (χ1v) is 6.85. The van der Waals surface area contributed by atoms with Gasteiger partial charge in [0.15, 0.2) is 0 Å². The minimum absolute atomic E-state index is 0.445. The van der Waals surface area contributed by atoms with E-state index >= 15 is 0 Å². The summed E-state index contributed by atoms with van der Waals surface area (Å²) in [4.78, 5) is 6.07. The third-order valence-electron chi connectivity index (χ3n) is 3.56. The van der Waals surface area contributed by atoms with E-state index in [9.17, 15) is 13.2 Å². The Labute approximate surface area is 117 Å². The maximum atomic E-state index is 12.7. The number of hydrogen-bond acceptors (Lipinski definition) is 2. The Morgan fingerprint density at radius 3 is 2.65 bits per heavy atom. The van der Waals surface area contributed by atoms with Crippen molar-refractivity contribution in [2.75, 3.05) is 13.1 Å². The van der Waals surface area contributed by atoms with Crippen LogP contribution in [0.15, 0.2) is 24.3 Å². The van der Waals surface area contributed by atoms with Gasteiger partial charge >= 0.3 is 6.18 Å². The molecule has 110 valence electrons. The molecule has 5 heteroatoms. The molecule has 2 heterocycles. The van der Waals surface area contributed by atoms with Gasteiger partial charge in [-0.15, -0.1) is 0 Å². The first-order chi connectivity index (χ1) is 9.38. The summed E-state index contributed by atoms with van der Waals surface area (Å²) in [7, 11) is 0. The Balaban J connectivity index is 2.23. The van der Waals surface area contributed by atoms with Crippen LogP contribution in [0.1, 0.15) is 38.1 Å². The summed E-state index contributed by atoms with van der Waals surface area (Å²) < 4.78 is 38.1. The summed E-state index contributed by atoms with van der Waals surface area (Å²) in [6.07, 6.45) is -0.653. The molecule has 0 amide bonds. The summed E-state index contributed by atoms with van der Waals surface area (Å²) >= 11 is 0. The molecule has 0 unspecified atom stereocenters. The number of pyridine rings is 1. The molecule has 2 nitrogen and oxygen atoms in total. The number of aromatic nitrogens is 1. The second-order valence-electron chi connectivity index (χ2n) is 5.33. The van der Waals surface area contributed by atoms with Crippen LogP contribution in [-0.4, -0.2) is 29.0 Å². The van der Waals surface area contributed by atoms with Gasteiger partial charge in [0, 0.05) is 12.6 Å². The Morgan fingerprint density at radius 1 is 1.25 bits per heavy atom. The predicted octanol–water partition coefficient (Wildman–Crippen LogP) is 3.99. The number of nitrogens with zero attached hydrogens (tertiary/aromatic N) is 2. The molecular weight excluding hydrogens is 265 g/mol. The molecule has 0 N–H and O–H groups in total. The van der Waals surface area contributed by atoms with Crippen molar-refractivity contribution in [3.63, 3.8) is 0 Å². The predicted molar refractivity (Wildman–Crippen MR) is 73.2 cm³/mol. The second kappa shape index (κ2) is 5.95. The molecule has 1 aromatic rings. The van der Waals surface area contributed by atoms with Crippen LogP contribution in [-0.2, 0) is 6.18 Å². The molecule has 0 aliphatic carbocycles. The summed E-state index contributed by atoms with van der Waals surface area (Å²) in [5, 5.41) is 0. The standard InChI is InChI=1S/C15H19F3N2/c1-11(2)20-9-4-5-12(8-10-20)13-6-3-7-14(19-13)15(16,17)18/h3,6-8,11H,4-5,9-10H2,1-2H3. The molecule has 1 aliphatic rings. The quantitative estimate of drug-likeness (QED) is 0.816. The van der Waals surface area contributed by atoms with Crippen molar-refractivity contribution in [3.05, 3.63) is 35.7 Å². The van der Waals surface area contributed by atoms with E-state index in [2.05, 4.69) is 23.7 Å². The third-order valence-corrected chi connectivity index (χ3v) is 3.56. The maximum absolute atomic E-state index is 12.7. The zero-order valence-corrected chi connectivity index (χ0v) is 11.7. The van der Waals surface area contributed by atoms with Gasteiger partial charge in [-0.2, -0.15) is 13.2 Å². The van der Waals surface area contributed by atoms with Crippen LogP contribution in [0, 0.1) is 0 Å². The van der Waals surface area contributed by atoms with E-state index in [1.165, 1.54) is 6.07 Å². The normalized spacial score (nSPS) is 18.0. The van der Waals surface area contributed by atoms with Crippen molar-refractivity contribution < 1.29 is 13.2 Å². The van der Waals surface area contributed by atoms with Crippen LogP contribution in [0.2, 0.25) is 0 Å². The average Bonchev–Trinajstić information content (AvgIpc) is 2.63. The number of hydrogen-bond donors (Lipinski definition) is 0. The summed E-state index contributed by atoms with van der Waals surface area (Å²) in [5.41, 5.74) is 0.547. The van der Waals surface area contributed by atoms with Gasteiger partial charge in [-0.1, -0.05) is 12.1 Å². The van der Waals surface area contributed by atoms with Crippen LogP contribution in [0.5, 0.6) is 0 Å². The van der Waals surface area contributed by atoms with Gasteiger partial charge in [0.1, 0.15) is 5.69 Å². The molecule has 0 fully saturated rings. The molecule has 20 heavy (non-hydrogen) atoms. The fourth-order valence-corrected chi connectivity index (χ4v) is 2.37. The summed E-state index contributed by atoms with van der Waals surface area (Å²) in [6.45, 7) is 5.99. The number of halogens is 3. The zero-order valence-electron chi connectivity index (χ0n) is 11.7. The highest BCUT2D eigenvalue weighted by Gasteiger charge is 2.32.